The van der Waals surface area contributed by atoms with Gasteiger partial charge in [-0.25, -0.2) is 0 Å². The molecule has 0 N–H and O–H groups in total. The molecule has 1 aromatic rings. The van der Waals surface area contributed by atoms with E-state index in [0.29, 0.717) is 22.4 Å². The van der Waals surface area contributed by atoms with Gasteiger partial charge in [0.05, 0.1) is 10.6 Å². The molecule has 0 aliphatic carbocycles. The molecule has 0 bridgehead atoms. The van der Waals surface area contributed by atoms with Crippen LogP contribution >= 0.6 is 11.6 Å². The summed E-state index contributed by atoms with van der Waals surface area (Å²) in [7, 11) is 0. The SMILES string of the molecule is CC(=O)N1C[C@@H]2CN(C(=O)c3ccc(C)cc3Cl)C[C@@H]2C1. The highest BCUT2D eigenvalue weighted by molar-refractivity contribution is 6.33. The Morgan fingerprint density at radius 2 is 1.67 bits per heavy atom. The van der Waals surface area contributed by atoms with E-state index in [1.165, 1.54) is 0 Å². The first-order chi connectivity index (χ1) is 9.95. The molecule has 0 radical (unpaired) electrons. The van der Waals surface area contributed by atoms with Crippen molar-refractivity contribution in [2.75, 3.05) is 26.2 Å². The summed E-state index contributed by atoms with van der Waals surface area (Å²) >= 11 is 6.19. The van der Waals surface area contributed by atoms with Crippen molar-refractivity contribution in [3.8, 4) is 0 Å². The molecule has 2 saturated heterocycles. The lowest BCUT2D eigenvalue weighted by atomic mass is 10.0. The third kappa shape index (κ3) is 2.64. The number of carbonyl (C=O) groups is 2. The summed E-state index contributed by atoms with van der Waals surface area (Å²) in [4.78, 5) is 27.8. The Morgan fingerprint density at radius 3 is 2.19 bits per heavy atom. The van der Waals surface area contributed by atoms with Crippen LogP contribution in [0.2, 0.25) is 5.02 Å². The molecule has 21 heavy (non-hydrogen) atoms. The average Bonchev–Trinajstić information content (AvgIpc) is 2.95. The molecule has 0 spiro atoms. The predicted molar refractivity (Wildman–Crippen MR) is 81.3 cm³/mol. The topological polar surface area (TPSA) is 40.6 Å². The summed E-state index contributed by atoms with van der Waals surface area (Å²) in [5.41, 5.74) is 1.62. The van der Waals surface area contributed by atoms with E-state index in [1.807, 2.05) is 28.9 Å². The number of fused-ring (bicyclic) bond motifs is 1. The van der Waals surface area contributed by atoms with Gasteiger partial charge in [-0.05, 0) is 24.6 Å². The lowest BCUT2D eigenvalue weighted by Gasteiger charge is -2.21. The fourth-order valence-electron chi connectivity index (χ4n) is 3.38. The van der Waals surface area contributed by atoms with Crippen molar-refractivity contribution in [3.05, 3.63) is 34.3 Å². The molecule has 1 aromatic carbocycles. The maximum absolute atomic E-state index is 12.6. The van der Waals surface area contributed by atoms with Crippen LogP contribution in [0.3, 0.4) is 0 Å². The fraction of sp³-hybridized carbons (Fsp3) is 0.500. The van der Waals surface area contributed by atoms with E-state index < -0.39 is 0 Å². The van der Waals surface area contributed by atoms with Crippen molar-refractivity contribution in [2.45, 2.75) is 13.8 Å². The van der Waals surface area contributed by atoms with E-state index in [-0.39, 0.29) is 11.8 Å². The zero-order valence-electron chi connectivity index (χ0n) is 12.3. The highest BCUT2D eigenvalue weighted by atomic mass is 35.5. The van der Waals surface area contributed by atoms with Gasteiger partial charge < -0.3 is 9.80 Å². The minimum atomic E-state index is 0.00350. The monoisotopic (exact) mass is 306 g/mol. The van der Waals surface area contributed by atoms with Gasteiger partial charge in [-0.1, -0.05) is 17.7 Å². The number of rotatable bonds is 1. The zero-order valence-corrected chi connectivity index (χ0v) is 13.1. The Labute approximate surface area is 129 Å². The molecule has 2 amide bonds. The van der Waals surface area contributed by atoms with Gasteiger partial charge in [-0.3, -0.25) is 9.59 Å². The average molecular weight is 307 g/mol. The summed E-state index contributed by atoms with van der Waals surface area (Å²) in [6, 6.07) is 5.53. The molecule has 4 nitrogen and oxygen atoms in total. The number of hydrogen-bond donors (Lipinski definition) is 0. The minimum absolute atomic E-state index is 0.00350. The number of likely N-dealkylation sites (tertiary alicyclic amines) is 2. The molecule has 2 aliphatic heterocycles. The lowest BCUT2D eigenvalue weighted by molar-refractivity contribution is -0.128. The van der Waals surface area contributed by atoms with Crippen LogP contribution in [0.5, 0.6) is 0 Å². The van der Waals surface area contributed by atoms with Crippen LogP contribution in [0.25, 0.3) is 0 Å². The van der Waals surface area contributed by atoms with Crippen molar-refractivity contribution < 1.29 is 9.59 Å². The summed E-state index contributed by atoms with van der Waals surface area (Å²) in [5.74, 6) is 0.941. The first kappa shape index (κ1) is 14.4. The van der Waals surface area contributed by atoms with Crippen molar-refractivity contribution in [3.63, 3.8) is 0 Å². The maximum atomic E-state index is 12.6. The second kappa shape index (κ2) is 5.34. The summed E-state index contributed by atoms with van der Waals surface area (Å²) in [6.45, 7) is 6.54. The van der Waals surface area contributed by atoms with Crippen molar-refractivity contribution in [1.29, 1.82) is 0 Å². The number of aryl methyl sites for hydroxylation is 1. The van der Waals surface area contributed by atoms with Crippen molar-refractivity contribution >= 4 is 23.4 Å². The molecule has 2 atom stereocenters. The largest absolute Gasteiger partial charge is 0.342 e. The standard InChI is InChI=1S/C16H19ClN2O2/c1-10-3-4-14(15(17)5-10)16(21)19-8-12-6-18(11(2)20)7-13(12)9-19/h3-5,12-13H,6-9H2,1-2H3/t12-,13+. The van der Waals surface area contributed by atoms with Crippen LogP contribution in [0.1, 0.15) is 22.8 Å². The minimum Gasteiger partial charge on any atom is -0.342 e. The van der Waals surface area contributed by atoms with Gasteiger partial charge in [0.25, 0.3) is 5.91 Å². The zero-order chi connectivity index (χ0) is 15.1. The Bertz CT molecular complexity index is 588. The van der Waals surface area contributed by atoms with Crippen molar-refractivity contribution in [2.24, 2.45) is 11.8 Å². The van der Waals surface area contributed by atoms with E-state index in [0.717, 1.165) is 31.7 Å². The van der Waals surface area contributed by atoms with Crippen LogP contribution in [-0.2, 0) is 4.79 Å². The second-order valence-electron chi connectivity index (χ2n) is 6.14. The van der Waals surface area contributed by atoms with Gasteiger partial charge in [-0.2, -0.15) is 0 Å². The van der Waals surface area contributed by atoms with Gasteiger partial charge in [-0.15, -0.1) is 0 Å². The van der Waals surface area contributed by atoms with Gasteiger partial charge in [0.1, 0.15) is 0 Å². The Balaban J connectivity index is 1.70. The van der Waals surface area contributed by atoms with Crippen LogP contribution < -0.4 is 0 Å². The van der Waals surface area contributed by atoms with Gasteiger partial charge in [0.2, 0.25) is 5.91 Å². The summed E-state index contributed by atoms with van der Waals surface area (Å²) in [5, 5.41) is 0.516. The van der Waals surface area contributed by atoms with Crippen LogP contribution in [0.4, 0.5) is 0 Å². The van der Waals surface area contributed by atoms with Gasteiger partial charge in [0.15, 0.2) is 0 Å². The normalized spacial score (nSPS) is 24.3. The summed E-state index contributed by atoms with van der Waals surface area (Å²) < 4.78 is 0. The second-order valence-corrected chi connectivity index (χ2v) is 6.54. The third-order valence-electron chi connectivity index (χ3n) is 4.57. The van der Waals surface area contributed by atoms with Crippen LogP contribution in [0.15, 0.2) is 18.2 Å². The molecule has 2 fully saturated rings. The van der Waals surface area contributed by atoms with Crippen molar-refractivity contribution in [1.82, 2.24) is 9.80 Å². The van der Waals surface area contributed by atoms with Gasteiger partial charge in [0, 0.05) is 44.9 Å². The van der Waals surface area contributed by atoms with E-state index in [4.69, 9.17) is 11.6 Å². The predicted octanol–water partition coefficient (Wildman–Crippen LogP) is 2.20. The number of nitrogens with zero attached hydrogens (tertiary/aromatic N) is 2. The number of benzene rings is 1. The smallest absolute Gasteiger partial charge is 0.255 e. The fourth-order valence-corrected chi connectivity index (χ4v) is 3.70. The number of amides is 2. The molecule has 0 aromatic heterocycles. The van der Waals surface area contributed by atoms with Gasteiger partial charge >= 0.3 is 0 Å². The van der Waals surface area contributed by atoms with Crippen LogP contribution in [-0.4, -0.2) is 47.8 Å². The van der Waals surface area contributed by atoms with E-state index in [9.17, 15) is 9.59 Å². The Kier molecular flexibility index (Phi) is 3.66. The molecular formula is C16H19ClN2O2. The molecule has 5 heteroatoms. The lowest BCUT2D eigenvalue weighted by Crippen LogP contribution is -2.34. The van der Waals surface area contributed by atoms with E-state index in [1.54, 1.807) is 13.0 Å². The third-order valence-corrected chi connectivity index (χ3v) is 4.89. The van der Waals surface area contributed by atoms with E-state index in [2.05, 4.69) is 0 Å². The quantitative estimate of drug-likeness (QED) is 0.798. The number of hydrogen-bond acceptors (Lipinski definition) is 2. The molecule has 0 unspecified atom stereocenters. The van der Waals surface area contributed by atoms with E-state index >= 15 is 0 Å². The van der Waals surface area contributed by atoms with Crippen LogP contribution in [0, 0.1) is 18.8 Å². The molecule has 3 rings (SSSR count). The molecule has 2 aliphatic rings. The first-order valence-corrected chi connectivity index (χ1v) is 7.64. The molecular weight excluding hydrogens is 288 g/mol. The number of carbonyl (C=O) groups excluding carboxylic acids is 2. The Hall–Kier alpha value is -1.55. The Morgan fingerprint density at radius 1 is 1.10 bits per heavy atom. The molecule has 112 valence electrons. The summed E-state index contributed by atoms with van der Waals surface area (Å²) in [6.07, 6.45) is 0. The maximum Gasteiger partial charge on any atom is 0.255 e. The highest BCUT2D eigenvalue weighted by Gasteiger charge is 2.42. The highest BCUT2D eigenvalue weighted by Crippen LogP contribution is 2.32. The molecule has 0 saturated carbocycles. The first-order valence-electron chi connectivity index (χ1n) is 7.26. The molecule has 2 heterocycles. The number of halogens is 1.